The van der Waals surface area contributed by atoms with Crippen LogP contribution in [0.5, 0.6) is 0 Å². The third kappa shape index (κ3) is 4.36. The highest BCUT2D eigenvalue weighted by molar-refractivity contribution is 5.70. The lowest BCUT2D eigenvalue weighted by Gasteiger charge is -2.26. The first-order valence-electron chi connectivity index (χ1n) is 7.39. The van der Waals surface area contributed by atoms with Crippen LogP contribution in [-0.4, -0.2) is 48.5 Å². The fourth-order valence-corrected chi connectivity index (χ4v) is 2.67. The van der Waals surface area contributed by atoms with E-state index in [0.717, 1.165) is 12.2 Å². The van der Waals surface area contributed by atoms with Gasteiger partial charge in [0.25, 0.3) is 0 Å². The third-order valence-corrected chi connectivity index (χ3v) is 3.87. The molecule has 0 radical (unpaired) electrons. The van der Waals surface area contributed by atoms with Gasteiger partial charge >= 0.3 is 0 Å². The number of allylic oxidation sites excluding steroid dienone is 3. The summed E-state index contributed by atoms with van der Waals surface area (Å²) in [5.74, 6) is -0.00467. The average Bonchev–Trinajstić information content (AvgIpc) is 2.90. The van der Waals surface area contributed by atoms with E-state index in [0.29, 0.717) is 12.4 Å². The molecule has 0 aromatic rings. The summed E-state index contributed by atoms with van der Waals surface area (Å²) in [6.45, 7) is 3.93. The second-order valence-corrected chi connectivity index (χ2v) is 5.33. The lowest BCUT2D eigenvalue weighted by molar-refractivity contribution is 0.240. The molecule has 0 spiro atoms. The number of nitrogens with zero attached hydrogens (tertiary/aromatic N) is 4. The molecule has 5 heteroatoms. The molecule has 4 nitrogen and oxygen atoms in total. The molecule has 0 saturated carbocycles. The number of halogens is 1. The molecule has 1 unspecified atom stereocenters. The van der Waals surface area contributed by atoms with Crippen molar-refractivity contribution in [3.05, 3.63) is 36.5 Å². The maximum absolute atomic E-state index is 12.1. The summed E-state index contributed by atoms with van der Waals surface area (Å²) in [4.78, 5) is 6.66. The molecule has 1 saturated heterocycles. The van der Waals surface area contributed by atoms with Crippen molar-refractivity contribution >= 4 is 12.4 Å². The van der Waals surface area contributed by atoms with Crippen LogP contribution in [0.2, 0.25) is 0 Å². The fraction of sp³-hybridized carbons (Fsp3) is 0.500. The molecule has 0 amide bonds. The van der Waals surface area contributed by atoms with Crippen LogP contribution in [0.25, 0.3) is 0 Å². The van der Waals surface area contributed by atoms with Crippen LogP contribution >= 0.6 is 0 Å². The van der Waals surface area contributed by atoms with Crippen molar-refractivity contribution in [2.75, 3.05) is 20.1 Å². The minimum atomic E-state index is -0.00467. The highest BCUT2D eigenvalue weighted by atomic mass is 19.1. The van der Waals surface area contributed by atoms with E-state index < -0.39 is 0 Å². The molecule has 0 N–H and O–H groups in total. The lowest BCUT2D eigenvalue weighted by Crippen LogP contribution is -2.35. The molecule has 114 valence electrons. The maximum atomic E-state index is 12.1. The predicted octanol–water partition coefficient (Wildman–Crippen LogP) is 2.97. The zero-order valence-electron chi connectivity index (χ0n) is 12.7. The monoisotopic (exact) mass is 290 g/mol. The van der Waals surface area contributed by atoms with Crippen LogP contribution in [0.4, 0.5) is 4.39 Å². The summed E-state index contributed by atoms with van der Waals surface area (Å²) in [5.41, 5.74) is 0.782. The molecule has 0 bridgehead atoms. The number of rotatable bonds is 5. The van der Waals surface area contributed by atoms with E-state index in [4.69, 9.17) is 0 Å². The quantitative estimate of drug-likeness (QED) is 0.576. The van der Waals surface area contributed by atoms with E-state index in [-0.39, 0.29) is 5.92 Å². The van der Waals surface area contributed by atoms with E-state index in [1.807, 2.05) is 30.4 Å². The predicted molar refractivity (Wildman–Crippen MR) is 86.0 cm³/mol. The first-order chi connectivity index (χ1) is 10.2. The molecule has 2 aliphatic rings. The van der Waals surface area contributed by atoms with Crippen LogP contribution in [0, 0.1) is 5.92 Å². The van der Waals surface area contributed by atoms with E-state index in [1.165, 1.54) is 25.5 Å². The number of hydrazone groups is 1. The largest absolute Gasteiger partial charge is 0.302 e. The van der Waals surface area contributed by atoms with Gasteiger partial charge in [-0.25, -0.2) is 4.39 Å². The smallest absolute Gasteiger partial charge is 0.0867 e. The van der Waals surface area contributed by atoms with E-state index >= 15 is 0 Å². The average molecular weight is 290 g/mol. The van der Waals surface area contributed by atoms with E-state index in [2.05, 4.69) is 22.0 Å². The van der Waals surface area contributed by atoms with Gasteiger partial charge in [-0.1, -0.05) is 6.08 Å². The summed E-state index contributed by atoms with van der Waals surface area (Å²) in [6, 6.07) is 0.571. The maximum Gasteiger partial charge on any atom is 0.0867 e. The number of likely N-dealkylation sites (N-methyl/N-ethyl adjacent to an activating group) is 1. The Morgan fingerprint density at radius 3 is 2.95 bits per heavy atom. The first kappa shape index (κ1) is 15.6. The van der Waals surface area contributed by atoms with Gasteiger partial charge < -0.3 is 4.90 Å². The normalized spacial score (nSPS) is 27.6. The second kappa shape index (κ2) is 7.88. The minimum absolute atomic E-state index is 0.00467. The Morgan fingerprint density at radius 1 is 1.52 bits per heavy atom. The Kier molecular flexibility index (Phi) is 5.87. The summed E-state index contributed by atoms with van der Waals surface area (Å²) in [7, 11) is 2.16. The SMILES string of the molecule is CC=N/C(=C\C=C\F)C1C=CN(C[C@@H]2CCCN2C)N=C1. The van der Waals surface area contributed by atoms with Gasteiger partial charge in [0.15, 0.2) is 0 Å². The molecule has 2 aliphatic heterocycles. The molecular formula is C16H23FN4. The molecule has 2 rings (SSSR count). The van der Waals surface area contributed by atoms with Crippen molar-refractivity contribution in [3.8, 4) is 0 Å². The Hall–Kier alpha value is -1.75. The molecule has 0 aromatic carbocycles. The van der Waals surface area contributed by atoms with Gasteiger partial charge in [0.05, 0.1) is 24.5 Å². The molecular weight excluding hydrogens is 267 g/mol. The Labute approximate surface area is 126 Å². The minimum Gasteiger partial charge on any atom is -0.302 e. The summed E-state index contributed by atoms with van der Waals surface area (Å²) >= 11 is 0. The van der Waals surface area contributed by atoms with Crippen molar-refractivity contribution in [1.29, 1.82) is 0 Å². The van der Waals surface area contributed by atoms with Crippen LogP contribution in [0.1, 0.15) is 19.8 Å². The van der Waals surface area contributed by atoms with Gasteiger partial charge in [0.2, 0.25) is 0 Å². The fourth-order valence-electron chi connectivity index (χ4n) is 2.67. The van der Waals surface area contributed by atoms with E-state index in [1.54, 1.807) is 12.3 Å². The van der Waals surface area contributed by atoms with Crippen molar-refractivity contribution in [1.82, 2.24) is 9.91 Å². The Bertz CT molecular complexity index is 465. The molecule has 0 aliphatic carbocycles. The number of likely N-dealkylation sites (tertiary alicyclic amines) is 1. The van der Waals surface area contributed by atoms with E-state index in [9.17, 15) is 4.39 Å². The highest BCUT2D eigenvalue weighted by Crippen LogP contribution is 2.20. The molecule has 2 atom stereocenters. The molecule has 1 fully saturated rings. The highest BCUT2D eigenvalue weighted by Gasteiger charge is 2.23. The number of hydrogen-bond acceptors (Lipinski definition) is 4. The standard InChI is InChI=1S/C16H23FN4/c1-3-18-16(7-4-9-17)14-8-11-21(19-12-14)13-15-6-5-10-20(15)2/h3-4,7-9,11-12,14-15H,5-6,10,13H2,1-2H3/b9-4+,16-7-,18-3?/t14?,15-/m0/s1. The molecule has 21 heavy (non-hydrogen) atoms. The lowest BCUT2D eigenvalue weighted by atomic mass is 10.1. The molecule has 0 aromatic heterocycles. The topological polar surface area (TPSA) is 31.2 Å². The van der Waals surface area contributed by atoms with Crippen LogP contribution in [0.15, 0.2) is 46.5 Å². The van der Waals surface area contributed by atoms with Crippen LogP contribution < -0.4 is 0 Å². The third-order valence-electron chi connectivity index (χ3n) is 3.87. The summed E-state index contributed by atoms with van der Waals surface area (Å²) in [5, 5.41) is 6.46. The van der Waals surface area contributed by atoms with Crippen molar-refractivity contribution in [2.24, 2.45) is 16.0 Å². The van der Waals surface area contributed by atoms with Crippen LogP contribution in [0.3, 0.4) is 0 Å². The van der Waals surface area contributed by atoms with Gasteiger partial charge in [-0.3, -0.25) is 10.0 Å². The van der Waals surface area contributed by atoms with Crippen molar-refractivity contribution in [2.45, 2.75) is 25.8 Å². The van der Waals surface area contributed by atoms with Gasteiger partial charge in [0.1, 0.15) is 0 Å². The van der Waals surface area contributed by atoms with Gasteiger partial charge in [-0.05, 0) is 45.5 Å². The van der Waals surface area contributed by atoms with Crippen molar-refractivity contribution in [3.63, 3.8) is 0 Å². The summed E-state index contributed by atoms with van der Waals surface area (Å²) < 4.78 is 12.1. The number of hydrogen-bond donors (Lipinski definition) is 0. The summed E-state index contributed by atoms with van der Waals surface area (Å²) in [6.07, 6.45) is 13.6. The zero-order valence-corrected chi connectivity index (χ0v) is 12.7. The van der Waals surface area contributed by atoms with Crippen molar-refractivity contribution < 1.29 is 4.39 Å². The van der Waals surface area contributed by atoms with Gasteiger partial charge in [-0.15, -0.1) is 0 Å². The number of aliphatic imine (C=N–C) groups is 1. The van der Waals surface area contributed by atoms with Gasteiger partial charge in [0, 0.05) is 24.7 Å². The second-order valence-electron chi connectivity index (χ2n) is 5.33. The molecule has 2 heterocycles. The van der Waals surface area contributed by atoms with Gasteiger partial charge in [-0.2, -0.15) is 5.10 Å². The Morgan fingerprint density at radius 2 is 2.38 bits per heavy atom. The van der Waals surface area contributed by atoms with Crippen LogP contribution in [-0.2, 0) is 0 Å². The first-order valence-corrected chi connectivity index (χ1v) is 7.39. The zero-order chi connectivity index (χ0) is 15.1. The Balaban J connectivity index is 1.96.